The minimum atomic E-state index is -0.378. The summed E-state index contributed by atoms with van der Waals surface area (Å²) in [6.07, 6.45) is 1.40. The number of fused-ring (bicyclic) bond motifs is 1. The minimum Gasteiger partial charge on any atom is -0.342 e. The first-order valence-corrected chi connectivity index (χ1v) is 10.5. The second-order valence-corrected chi connectivity index (χ2v) is 8.99. The number of carbonyl (C=O) groups excluding carboxylic acids is 2. The van der Waals surface area contributed by atoms with Crippen LogP contribution in [0.25, 0.3) is 22.4 Å². The lowest BCUT2D eigenvalue weighted by Gasteiger charge is -2.35. The topological polar surface area (TPSA) is 78.1 Å². The van der Waals surface area contributed by atoms with Crippen molar-refractivity contribution >= 4 is 28.5 Å². The molecule has 0 saturated carbocycles. The highest BCUT2D eigenvalue weighted by Crippen LogP contribution is 2.26. The largest absolute Gasteiger partial charge is 0.342 e. The van der Waals surface area contributed by atoms with Crippen molar-refractivity contribution in [1.82, 2.24) is 14.9 Å². The molecule has 6 heteroatoms. The van der Waals surface area contributed by atoms with Crippen LogP contribution in [0.4, 0.5) is 5.69 Å². The van der Waals surface area contributed by atoms with Crippen molar-refractivity contribution < 1.29 is 9.59 Å². The van der Waals surface area contributed by atoms with Crippen molar-refractivity contribution in [3.8, 4) is 11.4 Å². The van der Waals surface area contributed by atoms with Crippen LogP contribution in [0.15, 0.2) is 48.5 Å². The van der Waals surface area contributed by atoms with Gasteiger partial charge in [0.1, 0.15) is 5.82 Å². The Labute approximate surface area is 176 Å². The number of nitrogens with zero attached hydrogens (tertiary/aromatic N) is 2. The van der Waals surface area contributed by atoms with E-state index in [1.165, 1.54) is 0 Å². The van der Waals surface area contributed by atoms with Gasteiger partial charge in [-0.1, -0.05) is 32.9 Å². The van der Waals surface area contributed by atoms with Crippen LogP contribution in [-0.4, -0.2) is 39.8 Å². The molecule has 2 N–H and O–H groups in total. The maximum atomic E-state index is 12.7. The quantitative estimate of drug-likeness (QED) is 0.677. The number of hydrogen-bond acceptors (Lipinski definition) is 3. The van der Waals surface area contributed by atoms with Gasteiger partial charge in [0.25, 0.3) is 0 Å². The molecule has 2 aromatic carbocycles. The number of H-pyrrole nitrogens is 1. The third-order valence-corrected chi connectivity index (χ3v) is 5.61. The number of carbonyl (C=O) groups is 2. The number of rotatable bonds is 3. The second kappa shape index (κ2) is 7.94. The molecule has 4 rings (SSSR count). The number of amides is 2. The number of benzene rings is 2. The summed E-state index contributed by atoms with van der Waals surface area (Å²) in [5, 5.41) is 3.02. The summed E-state index contributed by atoms with van der Waals surface area (Å²) in [4.78, 5) is 34.9. The maximum Gasteiger partial charge on any atom is 0.227 e. The molecular weight excluding hydrogens is 376 g/mol. The molecule has 1 aromatic heterocycles. The van der Waals surface area contributed by atoms with E-state index in [9.17, 15) is 9.59 Å². The molecular formula is C24H28N4O2. The fourth-order valence-corrected chi connectivity index (χ4v) is 3.86. The molecule has 1 saturated heterocycles. The SMILES string of the molecule is CC(C)(C)C(=O)N1CCC(C(=O)Nc2ccc(-c3nc4ccccc4[nH]3)cc2)CC1. The average Bonchev–Trinajstić information content (AvgIpc) is 3.17. The third-order valence-electron chi connectivity index (χ3n) is 5.61. The number of likely N-dealkylation sites (tertiary alicyclic amines) is 1. The third kappa shape index (κ3) is 4.22. The predicted octanol–water partition coefficient (Wildman–Crippen LogP) is 4.45. The molecule has 0 bridgehead atoms. The summed E-state index contributed by atoms with van der Waals surface area (Å²) in [6, 6.07) is 15.6. The van der Waals surface area contributed by atoms with Gasteiger partial charge in [-0.3, -0.25) is 9.59 Å². The van der Waals surface area contributed by atoms with E-state index in [2.05, 4.69) is 15.3 Å². The van der Waals surface area contributed by atoms with Crippen LogP contribution >= 0.6 is 0 Å². The van der Waals surface area contributed by atoms with Gasteiger partial charge < -0.3 is 15.2 Å². The number of nitrogens with one attached hydrogen (secondary N) is 2. The Hall–Kier alpha value is -3.15. The highest BCUT2D eigenvalue weighted by atomic mass is 16.2. The van der Waals surface area contributed by atoms with Crippen LogP contribution in [0.1, 0.15) is 33.6 Å². The van der Waals surface area contributed by atoms with Crippen molar-refractivity contribution in [1.29, 1.82) is 0 Å². The van der Waals surface area contributed by atoms with E-state index >= 15 is 0 Å². The van der Waals surface area contributed by atoms with E-state index in [1.807, 2.05) is 74.2 Å². The number of piperidine rings is 1. The molecule has 1 aliphatic rings. The lowest BCUT2D eigenvalue weighted by atomic mass is 9.90. The van der Waals surface area contributed by atoms with E-state index in [4.69, 9.17) is 0 Å². The number of hydrogen-bond donors (Lipinski definition) is 2. The molecule has 30 heavy (non-hydrogen) atoms. The van der Waals surface area contributed by atoms with Crippen LogP contribution in [0, 0.1) is 11.3 Å². The van der Waals surface area contributed by atoms with Gasteiger partial charge in [-0.2, -0.15) is 0 Å². The molecule has 0 aliphatic carbocycles. The normalized spacial score (nSPS) is 15.4. The summed E-state index contributed by atoms with van der Waals surface area (Å²) >= 11 is 0. The first-order chi connectivity index (χ1) is 14.3. The molecule has 156 valence electrons. The number of aromatic nitrogens is 2. The number of anilines is 1. The van der Waals surface area contributed by atoms with Gasteiger partial charge in [0.15, 0.2) is 0 Å². The molecule has 6 nitrogen and oxygen atoms in total. The average molecular weight is 405 g/mol. The Morgan fingerprint density at radius 3 is 2.33 bits per heavy atom. The molecule has 0 atom stereocenters. The van der Waals surface area contributed by atoms with Gasteiger partial charge >= 0.3 is 0 Å². The van der Waals surface area contributed by atoms with Crippen LogP contribution in [-0.2, 0) is 9.59 Å². The Bertz CT molecular complexity index is 1020. The monoisotopic (exact) mass is 404 g/mol. The molecule has 2 heterocycles. The molecule has 2 amide bonds. The number of para-hydroxylation sites is 2. The lowest BCUT2D eigenvalue weighted by molar-refractivity contribution is -0.142. The Balaban J connectivity index is 1.36. The summed E-state index contributed by atoms with van der Waals surface area (Å²) in [7, 11) is 0. The first-order valence-electron chi connectivity index (χ1n) is 10.5. The van der Waals surface area contributed by atoms with E-state index < -0.39 is 0 Å². The Morgan fingerprint density at radius 1 is 1.03 bits per heavy atom. The zero-order chi connectivity index (χ0) is 21.3. The van der Waals surface area contributed by atoms with E-state index in [0.29, 0.717) is 25.9 Å². The minimum absolute atomic E-state index is 0.0225. The van der Waals surface area contributed by atoms with Gasteiger partial charge in [-0.15, -0.1) is 0 Å². The molecule has 1 aliphatic heterocycles. The van der Waals surface area contributed by atoms with E-state index in [1.54, 1.807) is 0 Å². The summed E-state index contributed by atoms with van der Waals surface area (Å²) in [5.41, 5.74) is 3.30. The van der Waals surface area contributed by atoms with Crippen molar-refractivity contribution in [3.05, 3.63) is 48.5 Å². The molecule has 0 spiro atoms. The van der Waals surface area contributed by atoms with Crippen molar-refractivity contribution in [2.45, 2.75) is 33.6 Å². The van der Waals surface area contributed by atoms with E-state index in [0.717, 1.165) is 28.1 Å². The fraction of sp³-hybridized carbons (Fsp3) is 0.375. The highest BCUT2D eigenvalue weighted by molar-refractivity contribution is 5.93. The zero-order valence-electron chi connectivity index (χ0n) is 17.7. The van der Waals surface area contributed by atoms with Crippen LogP contribution in [0.2, 0.25) is 0 Å². The van der Waals surface area contributed by atoms with Crippen LogP contribution < -0.4 is 5.32 Å². The summed E-state index contributed by atoms with van der Waals surface area (Å²) < 4.78 is 0. The summed E-state index contributed by atoms with van der Waals surface area (Å²) in [6.45, 7) is 7.08. The molecule has 1 fully saturated rings. The van der Waals surface area contributed by atoms with Crippen molar-refractivity contribution in [3.63, 3.8) is 0 Å². The van der Waals surface area contributed by atoms with Gasteiger partial charge in [-0.05, 0) is 49.2 Å². The van der Waals surface area contributed by atoms with Gasteiger partial charge in [-0.25, -0.2) is 4.98 Å². The number of aromatic amines is 1. The van der Waals surface area contributed by atoms with Crippen molar-refractivity contribution in [2.75, 3.05) is 18.4 Å². The maximum absolute atomic E-state index is 12.7. The van der Waals surface area contributed by atoms with Crippen molar-refractivity contribution in [2.24, 2.45) is 11.3 Å². The smallest absolute Gasteiger partial charge is 0.227 e. The molecule has 3 aromatic rings. The number of imidazole rings is 1. The lowest BCUT2D eigenvalue weighted by Crippen LogP contribution is -2.45. The second-order valence-electron chi connectivity index (χ2n) is 8.99. The Morgan fingerprint density at radius 2 is 1.70 bits per heavy atom. The van der Waals surface area contributed by atoms with Crippen LogP contribution in [0.5, 0.6) is 0 Å². The highest BCUT2D eigenvalue weighted by Gasteiger charge is 2.32. The standard InChI is InChI=1S/C24H28N4O2/c1-24(2,3)23(30)28-14-12-17(13-15-28)22(29)25-18-10-8-16(9-11-18)21-26-19-6-4-5-7-20(19)27-21/h4-11,17H,12-15H2,1-3H3,(H,25,29)(H,26,27). The van der Waals surface area contributed by atoms with Gasteiger partial charge in [0.2, 0.25) is 11.8 Å². The molecule has 0 unspecified atom stereocenters. The van der Waals surface area contributed by atoms with Gasteiger partial charge in [0, 0.05) is 35.7 Å². The Kier molecular flexibility index (Phi) is 5.33. The first kappa shape index (κ1) is 20.1. The molecule has 0 radical (unpaired) electrons. The van der Waals surface area contributed by atoms with Gasteiger partial charge in [0.05, 0.1) is 11.0 Å². The summed E-state index contributed by atoms with van der Waals surface area (Å²) in [5.74, 6) is 0.922. The van der Waals surface area contributed by atoms with E-state index in [-0.39, 0.29) is 23.1 Å². The van der Waals surface area contributed by atoms with Crippen LogP contribution in [0.3, 0.4) is 0 Å². The zero-order valence-corrected chi connectivity index (χ0v) is 17.7. The predicted molar refractivity (Wildman–Crippen MR) is 119 cm³/mol. The fourth-order valence-electron chi connectivity index (χ4n) is 3.86.